The molecule has 0 bridgehead atoms. The molecule has 4 nitrogen and oxygen atoms in total. The van der Waals surface area contributed by atoms with Crippen LogP contribution in [0.5, 0.6) is 0 Å². The number of nitrogen functional groups attached to an aromatic ring is 1. The average molecular weight is 418 g/mol. The first-order chi connectivity index (χ1) is 9.47. The minimum atomic E-state index is -0.370. The molecule has 104 valence electrons. The number of anilines is 1. The molecule has 0 aliphatic heterocycles. The van der Waals surface area contributed by atoms with Gasteiger partial charge in [0.25, 0.3) is 5.69 Å². The molecule has 0 aromatic heterocycles. The predicted molar refractivity (Wildman–Crippen MR) is 88.9 cm³/mol. The van der Waals surface area contributed by atoms with Crippen LogP contribution in [-0.4, -0.2) is 4.92 Å². The van der Waals surface area contributed by atoms with Gasteiger partial charge in [-0.05, 0) is 24.3 Å². The Hall–Kier alpha value is -1.05. The molecule has 7 heteroatoms. The highest BCUT2D eigenvalue weighted by atomic mass is 79.9. The summed E-state index contributed by atoms with van der Waals surface area (Å²) in [5, 5.41) is 11.0. The number of nitrogens with two attached hydrogens (primary N) is 1. The van der Waals surface area contributed by atoms with E-state index in [4.69, 9.17) is 5.73 Å². The summed E-state index contributed by atoms with van der Waals surface area (Å²) < 4.78 is 1.62. The lowest BCUT2D eigenvalue weighted by Gasteiger charge is -2.07. The third-order valence-electron chi connectivity index (χ3n) is 2.60. The van der Waals surface area contributed by atoms with Crippen molar-refractivity contribution in [2.45, 2.75) is 10.6 Å². The standard InChI is InChI=1S/C13H10Br2N2O2S/c14-9-2-1-8(12(5-9)17(18)19)7-20-13-6-10(15)3-4-11(13)16/h1-6H,7,16H2. The van der Waals surface area contributed by atoms with E-state index in [1.807, 2.05) is 18.2 Å². The first kappa shape index (κ1) is 15.3. The number of thioether (sulfide) groups is 1. The molecule has 20 heavy (non-hydrogen) atoms. The van der Waals surface area contributed by atoms with E-state index in [1.165, 1.54) is 17.8 Å². The Balaban J connectivity index is 2.23. The first-order valence-corrected chi connectivity index (χ1v) is 8.15. The molecule has 0 unspecified atom stereocenters. The second-order valence-electron chi connectivity index (χ2n) is 4.00. The summed E-state index contributed by atoms with van der Waals surface area (Å²) in [7, 11) is 0. The molecule has 0 atom stereocenters. The van der Waals surface area contributed by atoms with Gasteiger partial charge < -0.3 is 5.73 Å². The van der Waals surface area contributed by atoms with Crippen molar-refractivity contribution in [3.8, 4) is 0 Å². The van der Waals surface area contributed by atoms with Gasteiger partial charge >= 0.3 is 0 Å². The van der Waals surface area contributed by atoms with E-state index in [9.17, 15) is 10.1 Å². The number of hydrogen-bond acceptors (Lipinski definition) is 4. The topological polar surface area (TPSA) is 69.2 Å². The summed E-state index contributed by atoms with van der Waals surface area (Å²) in [4.78, 5) is 11.6. The van der Waals surface area contributed by atoms with Crippen LogP contribution in [-0.2, 0) is 5.75 Å². The minimum absolute atomic E-state index is 0.112. The van der Waals surface area contributed by atoms with Gasteiger partial charge in [0.1, 0.15) is 0 Å². The van der Waals surface area contributed by atoms with E-state index in [1.54, 1.807) is 12.1 Å². The normalized spacial score (nSPS) is 10.5. The molecule has 0 radical (unpaired) electrons. The van der Waals surface area contributed by atoms with Crippen LogP contribution in [0.3, 0.4) is 0 Å². The van der Waals surface area contributed by atoms with Gasteiger partial charge in [-0.2, -0.15) is 0 Å². The SMILES string of the molecule is Nc1ccc(Br)cc1SCc1ccc(Br)cc1[N+](=O)[O-]. The number of nitro benzene ring substituents is 1. The summed E-state index contributed by atoms with van der Waals surface area (Å²) in [5.74, 6) is 0.490. The van der Waals surface area contributed by atoms with Gasteiger partial charge in [0.15, 0.2) is 0 Å². The van der Waals surface area contributed by atoms with Crippen LogP contribution in [0.4, 0.5) is 11.4 Å². The second kappa shape index (κ2) is 6.60. The lowest BCUT2D eigenvalue weighted by atomic mass is 10.2. The van der Waals surface area contributed by atoms with Gasteiger partial charge in [-0.1, -0.05) is 37.9 Å². The molecular weight excluding hydrogens is 408 g/mol. The van der Waals surface area contributed by atoms with Gasteiger partial charge in [0.2, 0.25) is 0 Å². The van der Waals surface area contributed by atoms with Crippen molar-refractivity contribution in [3.05, 3.63) is 61.0 Å². The Morgan fingerprint density at radius 3 is 2.50 bits per heavy atom. The number of nitro groups is 1. The Morgan fingerprint density at radius 1 is 1.15 bits per heavy atom. The van der Waals surface area contributed by atoms with Crippen molar-refractivity contribution in [2.75, 3.05) is 5.73 Å². The van der Waals surface area contributed by atoms with Crippen molar-refractivity contribution in [3.63, 3.8) is 0 Å². The van der Waals surface area contributed by atoms with E-state index in [0.717, 1.165) is 9.37 Å². The third kappa shape index (κ3) is 3.74. The molecule has 0 amide bonds. The van der Waals surface area contributed by atoms with Gasteiger partial charge in [0, 0.05) is 36.9 Å². The zero-order chi connectivity index (χ0) is 14.7. The van der Waals surface area contributed by atoms with Crippen molar-refractivity contribution < 1.29 is 4.92 Å². The number of halogens is 2. The van der Waals surface area contributed by atoms with Crippen LogP contribution in [0.15, 0.2) is 50.2 Å². The molecule has 0 spiro atoms. The summed E-state index contributed by atoms with van der Waals surface area (Å²) in [5.41, 5.74) is 7.34. The van der Waals surface area contributed by atoms with Crippen LogP contribution in [0.1, 0.15) is 5.56 Å². The Morgan fingerprint density at radius 2 is 1.80 bits per heavy atom. The van der Waals surface area contributed by atoms with Gasteiger partial charge in [-0.25, -0.2) is 0 Å². The van der Waals surface area contributed by atoms with Crippen LogP contribution < -0.4 is 5.73 Å². The zero-order valence-corrected chi connectivity index (χ0v) is 14.2. The van der Waals surface area contributed by atoms with Crippen molar-refractivity contribution >= 4 is 55.0 Å². The van der Waals surface area contributed by atoms with E-state index >= 15 is 0 Å². The monoisotopic (exact) mass is 416 g/mol. The van der Waals surface area contributed by atoms with Crippen LogP contribution in [0, 0.1) is 10.1 Å². The first-order valence-electron chi connectivity index (χ1n) is 5.58. The molecule has 2 aromatic carbocycles. The third-order valence-corrected chi connectivity index (χ3v) is 4.71. The number of rotatable bonds is 4. The molecule has 0 heterocycles. The van der Waals surface area contributed by atoms with Crippen LogP contribution in [0.25, 0.3) is 0 Å². The number of hydrogen-bond donors (Lipinski definition) is 1. The van der Waals surface area contributed by atoms with Gasteiger partial charge in [0.05, 0.1) is 4.92 Å². The lowest BCUT2D eigenvalue weighted by Crippen LogP contribution is -1.95. The maximum atomic E-state index is 11.0. The number of benzene rings is 2. The number of nitrogens with zero attached hydrogens (tertiary/aromatic N) is 1. The fourth-order valence-corrected chi connectivity index (χ4v) is 3.48. The Labute approximate surface area is 137 Å². The van der Waals surface area contributed by atoms with Gasteiger partial charge in [-0.3, -0.25) is 10.1 Å². The van der Waals surface area contributed by atoms with Crippen molar-refractivity contribution in [1.29, 1.82) is 0 Å². The maximum Gasteiger partial charge on any atom is 0.274 e. The smallest absolute Gasteiger partial charge is 0.274 e. The highest BCUT2D eigenvalue weighted by Crippen LogP contribution is 2.33. The second-order valence-corrected chi connectivity index (χ2v) is 6.85. The van der Waals surface area contributed by atoms with Crippen molar-refractivity contribution in [1.82, 2.24) is 0 Å². The fourth-order valence-electron chi connectivity index (χ4n) is 1.62. The minimum Gasteiger partial charge on any atom is -0.398 e. The fraction of sp³-hybridized carbons (Fsp3) is 0.0769. The molecule has 2 N–H and O–H groups in total. The Bertz CT molecular complexity index is 665. The summed E-state index contributed by atoms with van der Waals surface area (Å²) in [6.07, 6.45) is 0. The highest BCUT2D eigenvalue weighted by Gasteiger charge is 2.14. The van der Waals surface area contributed by atoms with Crippen molar-refractivity contribution in [2.24, 2.45) is 0 Å². The molecule has 2 rings (SSSR count). The summed E-state index contributed by atoms with van der Waals surface area (Å²) >= 11 is 8.11. The summed E-state index contributed by atoms with van der Waals surface area (Å²) in [6.45, 7) is 0. The van der Waals surface area contributed by atoms with E-state index in [0.29, 0.717) is 21.5 Å². The van der Waals surface area contributed by atoms with E-state index in [2.05, 4.69) is 31.9 Å². The summed E-state index contributed by atoms with van der Waals surface area (Å²) in [6, 6.07) is 10.6. The average Bonchev–Trinajstić information content (AvgIpc) is 2.40. The Kier molecular flexibility index (Phi) is 5.06. The maximum absolute atomic E-state index is 11.0. The highest BCUT2D eigenvalue weighted by molar-refractivity contribution is 9.10. The van der Waals surface area contributed by atoms with Crippen LogP contribution >= 0.6 is 43.6 Å². The predicted octanol–water partition coefficient (Wildman–Crippen LogP) is 4.99. The van der Waals surface area contributed by atoms with Gasteiger partial charge in [-0.15, -0.1) is 11.8 Å². The molecule has 0 fully saturated rings. The molecule has 0 saturated carbocycles. The van der Waals surface area contributed by atoms with Crippen LogP contribution in [0.2, 0.25) is 0 Å². The largest absolute Gasteiger partial charge is 0.398 e. The van der Waals surface area contributed by atoms with E-state index in [-0.39, 0.29) is 10.6 Å². The molecule has 2 aromatic rings. The molecule has 0 saturated heterocycles. The zero-order valence-electron chi connectivity index (χ0n) is 10.2. The molecular formula is C13H10Br2N2O2S. The molecule has 0 aliphatic rings. The lowest BCUT2D eigenvalue weighted by molar-refractivity contribution is -0.385. The quantitative estimate of drug-likeness (QED) is 0.329. The van der Waals surface area contributed by atoms with E-state index < -0.39 is 0 Å². The molecule has 0 aliphatic carbocycles.